The second-order valence-electron chi connectivity index (χ2n) is 8.42. The number of aromatic nitrogens is 1. The summed E-state index contributed by atoms with van der Waals surface area (Å²) >= 11 is 1.73. The van der Waals surface area contributed by atoms with Crippen molar-refractivity contribution in [3.63, 3.8) is 0 Å². The molecular formula is C18H31N3O3S. The molecule has 1 saturated heterocycles. The number of nitrogens with one attached hydrogen (secondary N) is 1. The second-order valence-corrected chi connectivity index (χ2v) is 9.53. The van der Waals surface area contributed by atoms with Gasteiger partial charge in [0.25, 0.3) is 0 Å². The van der Waals surface area contributed by atoms with E-state index < -0.39 is 5.60 Å². The van der Waals surface area contributed by atoms with E-state index >= 15 is 0 Å². The summed E-state index contributed by atoms with van der Waals surface area (Å²) in [6.07, 6.45) is 1.66. The van der Waals surface area contributed by atoms with Crippen LogP contribution in [0, 0.1) is 0 Å². The number of carbonyl (C=O) groups excluding carboxylic acids is 1. The van der Waals surface area contributed by atoms with E-state index in [1.165, 1.54) is 4.88 Å². The number of ether oxygens (including phenoxy) is 2. The molecule has 0 aliphatic carbocycles. The van der Waals surface area contributed by atoms with Crippen molar-refractivity contribution in [1.82, 2.24) is 15.2 Å². The third-order valence-corrected chi connectivity index (χ3v) is 5.15. The highest BCUT2D eigenvalue weighted by molar-refractivity contribution is 7.11. The van der Waals surface area contributed by atoms with Crippen molar-refractivity contribution in [2.45, 2.75) is 65.1 Å². The van der Waals surface area contributed by atoms with Gasteiger partial charge in [0.05, 0.1) is 24.3 Å². The monoisotopic (exact) mass is 369 g/mol. The Bertz CT molecular complexity index is 575. The Morgan fingerprint density at radius 2 is 2.12 bits per heavy atom. The van der Waals surface area contributed by atoms with Crippen molar-refractivity contribution in [2.24, 2.45) is 0 Å². The molecule has 1 N–H and O–H groups in total. The molecule has 7 heteroatoms. The van der Waals surface area contributed by atoms with Gasteiger partial charge in [-0.25, -0.2) is 9.78 Å². The zero-order valence-electron chi connectivity index (χ0n) is 16.2. The molecule has 1 amide bonds. The van der Waals surface area contributed by atoms with Crippen molar-refractivity contribution in [3.8, 4) is 0 Å². The molecule has 0 spiro atoms. The second kappa shape index (κ2) is 8.01. The van der Waals surface area contributed by atoms with Gasteiger partial charge in [0.1, 0.15) is 5.60 Å². The lowest BCUT2D eigenvalue weighted by atomic mass is 9.98. The minimum atomic E-state index is -0.487. The molecule has 1 aliphatic rings. The quantitative estimate of drug-likeness (QED) is 0.883. The van der Waals surface area contributed by atoms with E-state index in [-0.39, 0.29) is 17.6 Å². The Hall–Kier alpha value is -1.18. The van der Waals surface area contributed by atoms with Gasteiger partial charge >= 0.3 is 6.09 Å². The Morgan fingerprint density at radius 3 is 2.72 bits per heavy atom. The first-order valence-corrected chi connectivity index (χ1v) is 9.61. The summed E-state index contributed by atoms with van der Waals surface area (Å²) in [6, 6.07) is -0.0152. The molecular weight excluding hydrogens is 338 g/mol. The lowest BCUT2D eigenvalue weighted by Crippen LogP contribution is -2.53. The van der Waals surface area contributed by atoms with Crippen molar-refractivity contribution < 1.29 is 14.3 Å². The first-order valence-electron chi connectivity index (χ1n) is 8.79. The summed E-state index contributed by atoms with van der Waals surface area (Å²) in [5, 5.41) is 4.56. The molecule has 0 bridgehead atoms. The molecule has 2 rings (SSSR count). The van der Waals surface area contributed by atoms with Gasteiger partial charge in [-0.05, 0) is 20.8 Å². The largest absolute Gasteiger partial charge is 0.444 e. The van der Waals surface area contributed by atoms with Gasteiger partial charge in [0, 0.05) is 36.1 Å². The average molecular weight is 370 g/mol. The third-order valence-electron chi connectivity index (χ3n) is 3.73. The van der Waals surface area contributed by atoms with Crippen LogP contribution in [0.25, 0.3) is 0 Å². The van der Waals surface area contributed by atoms with E-state index in [0.29, 0.717) is 26.3 Å². The van der Waals surface area contributed by atoms with Crippen LogP contribution in [-0.4, -0.2) is 53.9 Å². The summed E-state index contributed by atoms with van der Waals surface area (Å²) in [5.74, 6) is 0. The first-order chi connectivity index (χ1) is 11.6. The SMILES string of the molecule is CC(C)(C)OC(=O)N1CCOCC1CNCc1cnc(C(C)(C)C)s1. The van der Waals surface area contributed by atoms with Crippen molar-refractivity contribution in [3.05, 3.63) is 16.1 Å². The highest BCUT2D eigenvalue weighted by atomic mass is 32.1. The zero-order chi connectivity index (χ0) is 18.7. The van der Waals surface area contributed by atoms with E-state index in [2.05, 4.69) is 31.1 Å². The summed E-state index contributed by atoms with van der Waals surface area (Å²) in [4.78, 5) is 19.9. The molecule has 0 radical (unpaired) electrons. The van der Waals surface area contributed by atoms with E-state index in [1.54, 1.807) is 16.2 Å². The van der Waals surface area contributed by atoms with Crippen LogP contribution in [0.1, 0.15) is 51.4 Å². The number of hydrogen-bond donors (Lipinski definition) is 1. The third kappa shape index (κ3) is 6.24. The zero-order valence-corrected chi connectivity index (χ0v) is 17.0. The van der Waals surface area contributed by atoms with Gasteiger partial charge in [-0.15, -0.1) is 11.3 Å². The van der Waals surface area contributed by atoms with Crippen LogP contribution >= 0.6 is 11.3 Å². The molecule has 0 saturated carbocycles. The number of morpholine rings is 1. The number of amides is 1. The maximum absolute atomic E-state index is 12.4. The molecule has 1 aliphatic heterocycles. The highest BCUT2D eigenvalue weighted by Crippen LogP contribution is 2.26. The number of nitrogens with zero attached hydrogens (tertiary/aromatic N) is 2. The topological polar surface area (TPSA) is 63.7 Å². The molecule has 142 valence electrons. The summed E-state index contributed by atoms with van der Waals surface area (Å²) in [7, 11) is 0. The fourth-order valence-electron chi connectivity index (χ4n) is 2.48. The van der Waals surface area contributed by atoms with E-state index in [9.17, 15) is 4.79 Å². The summed E-state index contributed by atoms with van der Waals surface area (Å²) < 4.78 is 11.1. The fourth-order valence-corrected chi connectivity index (χ4v) is 3.42. The standard InChI is InChI=1S/C18H31N3O3S/c1-17(2,3)15-20-11-14(25-15)10-19-9-13-12-23-8-7-21(13)16(22)24-18(4,5)6/h11,13,19H,7-10,12H2,1-6H3. The average Bonchev–Trinajstić information content (AvgIpc) is 2.95. The van der Waals surface area contributed by atoms with Crippen LogP contribution in [0.2, 0.25) is 0 Å². The molecule has 1 atom stereocenters. The Labute approximate surface area is 154 Å². The number of carbonyl (C=O) groups is 1. The molecule has 1 fully saturated rings. The van der Waals surface area contributed by atoms with Gasteiger partial charge in [-0.2, -0.15) is 0 Å². The van der Waals surface area contributed by atoms with Gasteiger partial charge in [-0.3, -0.25) is 4.90 Å². The smallest absolute Gasteiger partial charge is 0.410 e. The molecule has 1 unspecified atom stereocenters. The highest BCUT2D eigenvalue weighted by Gasteiger charge is 2.30. The molecule has 25 heavy (non-hydrogen) atoms. The fraction of sp³-hybridized carbons (Fsp3) is 0.778. The molecule has 0 aromatic carbocycles. The van der Waals surface area contributed by atoms with Crippen LogP contribution in [0.5, 0.6) is 0 Å². The molecule has 1 aromatic rings. The summed E-state index contributed by atoms with van der Waals surface area (Å²) in [6.45, 7) is 15.2. The predicted octanol–water partition coefficient (Wildman–Crippen LogP) is 3.17. The van der Waals surface area contributed by atoms with Crippen LogP contribution in [0.15, 0.2) is 6.20 Å². The van der Waals surface area contributed by atoms with Crippen LogP contribution in [0.3, 0.4) is 0 Å². The van der Waals surface area contributed by atoms with E-state index in [4.69, 9.17) is 9.47 Å². The Morgan fingerprint density at radius 1 is 1.40 bits per heavy atom. The number of rotatable bonds is 4. The number of thiazole rings is 1. The van der Waals surface area contributed by atoms with Gasteiger partial charge < -0.3 is 14.8 Å². The van der Waals surface area contributed by atoms with Gasteiger partial charge in [0.2, 0.25) is 0 Å². The Kier molecular flexibility index (Phi) is 6.45. The van der Waals surface area contributed by atoms with Crippen molar-refractivity contribution in [1.29, 1.82) is 0 Å². The van der Waals surface area contributed by atoms with E-state index in [1.807, 2.05) is 27.0 Å². The van der Waals surface area contributed by atoms with Gasteiger partial charge in [-0.1, -0.05) is 20.8 Å². The molecule has 2 heterocycles. The van der Waals surface area contributed by atoms with Crippen molar-refractivity contribution >= 4 is 17.4 Å². The minimum Gasteiger partial charge on any atom is -0.444 e. The van der Waals surface area contributed by atoms with Crippen LogP contribution < -0.4 is 5.32 Å². The number of hydrogen-bond acceptors (Lipinski definition) is 6. The summed E-state index contributed by atoms with van der Waals surface area (Å²) in [5.41, 5.74) is -0.410. The molecule has 1 aromatic heterocycles. The Balaban J connectivity index is 1.87. The van der Waals surface area contributed by atoms with Crippen LogP contribution in [0.4, 0.5) is 4.79 Å². The lowest BCUT2D eigenvalue weighted by Gasteiger charge is -2.36. The van der Waals surface area contributed by atoms with Gasteiger partial charge in [0.15, 0.2) is 0 Å². The van der Waals surface area contributed by atoms with Crippen molar-refractivity contribution in [2.75, 3.05) is 26.3 Å². The minimum absolute atomic E-state index is 0.0152. The molecule has 6 nitrogen and oxygen atoms in total. The van der Waals surface area contributed by atoms with E-state index in [0.717, 1.165) is 11.6 Å². The maximum atomic E-state index is 12.4. The normalized spacial score (nSPS) is 19.1. The maximum Gasteiger partial charge on any atom is 0.410 e. The predicted molar refractivity (Wildman–Crippen MR) is 100 cm³/mol. The van der Waals surface area contributed by atoms with Crippen LogP contribution in [-0.2, 0) is 21.4 Å². The first kappa shape index (κ1) is 20.1. The lowest BCUT2D eigenvalue weighted by molar-refractivity contribution is -0.0317.